The van der Waals surface area contributed by atoms with Crippen LogP contribution in [0.1, 0.15) is 18.3 Å². The topological polar surface area (TPSA) is 89.4 Å². The van der Waals surface area contributed by atoms with Crippen molar-refractivity contribution in [2.24, 2.45) is 0 Å². The zero-order chi connectivity index (χ0) is 17.6. The second-order valence-electron chi connectivity index (χ2n) is 5.79. The minimum atomic E-state index is -0.653. The van der Waals surface area contributed by atoms with Crippen LogP contribution in [0, 0.1) is 0 Å². The molecule has 8 heteroatoms. The van der Waals surface area contributed by atoms with Crippen molar-refractivity contribution in [1.82, 2.24) is 25.0 Å². The van der Waals surface area contributed by atoms with Gasteiger partial charge in [0.05, 0.1) is 13.2 Å². The molecule has 0 bridgehead atoms. The van der Waals surface area contributed by atoms with E-state index in [-0.39, 0.29) is 31.6 Å². The van der Waals surface area contributed by atoms with Gasteiger partial charge in [0, 0.05) is 13.1 Å². The average Bonchev–Trinajstić information content (AvgIpc) is 3.10. The maximum atomic E-state index is 12.6. The van der Waals surface area contributed by atoms with Crippen molar-refractivity contribution in [2.75, 3.05) is 13.2 Å². The van der Waals surface area contributed by atoms with Crippen molar-refractivity contribution in [1.29, 1.82) is 0 Å². The van der Waals surface area contributed by atoms with E-state index < -0.39 is 6.04 Å². The van der Waals surface area contributed by atoms with Crippen molar-refractivity contribution in [3.05, 3.63) is 48.0 Å². The number of aromatic nitrogens is 3. The van der Waals surface area contributed by atoms with Crippen LogP contribution in [-0.4, -0.2) is 50.7 Å². The molecule has 1 unspecified atom stereocenters. The number of nitrogens with zero attached hydrogens (tertiary/aromatic N) is 4. The summed E-state index contributed by atoms with van der Waals surface area (Å²) in [6, 6.07) is 8.95. The second-order valence-corrected chi connectivity index (χ2v) is 5.79. The molecule has 0 radical (unpaired) electrons. The Kier molecular flexibility index (Phi) is 5.39. The zero-order valence-corrected chi connectivity index (χ0v) is 14.1. The first-order chi connectivity index (χ1) is 12.2. The number of ether oxygens (including phenoxy) is 1. The maximum Gasteiger partial charge on any atom is 0.249 e. The largest absolute Gasteiger partial charge is 0.369 e. The van der Waals surface area contributed by atoms with E-state index in [0.717, 1.165) is 12.1 Å². The zero-order valence-electron chi connectivity index (χ0n) is 14.1. The molecular weight excluding hydrogens is 322 g/mol. The van der Waals surface area contributed by atoms with E-state index in [1.807, 2.05) is 41.8 Å². The highest BCUT2D eigenvalue weighted by molar-refractivity contribution is 5.89. The van der Waals surface area contributed by atoms with Gasteiger partial charge in [-0.2, -0.15) is 0 Å². The molecule has 25 heavy (non-hydrogen) atoms. The van der Waals surface area contributed by atoms with E-state index in [4.69, 9.17) is 4.74 Å². The Morgan fingerprint density at radius 2 is 2.16 bits per heavy atom. The molecule has 1 atom stereocenters. The van der Waals surface area contributed by atoms with Crippen LogP contribution >= 0.6 is 0 Å². The summed E-state index contributed by atoms with van der Waals surface area (Å²) in [6.07, 6.45) is 1.62. The van der Waals surface area contributed by atoms with Crippen LogP contribution in [0.2, 0.25) is 0 Å². The van der Waals surface area contributed by atoms with Crippen molar-refractivity contribution in [3.8, 4) is 0 Å². The Labute approximate surface area is 145 Å². The molecule has 1 N–H and O–H groups in total. The summed E-state index contributed by atoms with van der Waals surface area (Å²) in [5.74, 6) is 0.232. The summed E-state index contributed by atoms with van der Waals surface area (Å²) in [5, 5.41) is 10.7. The van der Waals surface area contributed by atoms with Crippen molar-refractivity contribution >= 4 is 11.8 Å². The normalized spacial score (nSPS) is 17.6. The third kappa shape index (κ3) is 4.03. The SMILES string of the molecule is CCn1cnnc1CNC(=O)C1COCC(=O)N1Cc1ccccc1. The van der Waals surface area contributed by atoms with Crippen LogP contribution in [0.5, 0.6) is 0 Å². The van der Waals surface area contributed by atoms with Crippen molar-refractivity contribution in [3.63, 3.8) is 0 Å². The van der Waals surface area contributed by atoms with Crippen LogP contribution in [0.4, 0.5) is 0 Å². The van der Waals surface area contributed by atoms with Gasteiger partial charge in [0.15, 0.2) is 5.82 Å². The molecule has 8 nitrogen and oxygen atoms in total. The van der Waals surface area contributed by atoms with Gasteiger partial charge >= 0.3 is 0 Å². The lowest BCUT2D eigenvalue weighted by Gasteiger charge is -2.34. The summed E-state index contributed by atoms with van der Waals surface area (Å²) in [7, 11) is 0. The van der Waals surface area contributed by atoms with Crippen molar-refractivity contribution < 1.29 is 14.3 Å². The fourth-order valence-corrected chi connectivity index (χ4v) is 2.76. The van der Waals surface area contributed by atoms with E-state index in [1.54, 1.807) is 11.2 Å². The molecule has 2 amide bonds. The van der Waals surface area contributed by atoms with Gasteiger partial charge in [-0.25, -0.2) is 0 Å². The number of morpholine rings is 1. The van der Waals surface area contributed by atoms with Gasteiger partial charge in [-0.1, -0.05) is 30.3 Å². The number of carbonyl (C=O) groups is 2. The Morgan fingerprint density at radius 3 is 2.92 bits per heavy atom. The van der Waals surface area contributed by atoms with Crippen LogP contribution in [0.25, 0.3) is 0 Å². The number of hydrogen-bond donors (Lipinski definition) is 1. The molecule has 3 rings (SSSR count). The lowest BCUT2D eigenvalue weighted by Crippen LogP contribution is -2.55. The van der Waals surface area contributed by atoms with Gasteiger partial charge in [0.2, 0.25) is 11.8 Å². The maximum absolute atomic E-state index is 12.6. The number of hydrogen-bond acceptors (Lipinski definition) is 5. The number of rotatable bonds is 6. The Hall–Kier alpha value is -2.74. The molecule has 0 saturated carbocycles. The Bertz CT molecular complexity index is 731. The van der Waals surface area contributed by atoms with Crippen LogP contribution in [0.15, 0.2) is 36.7 Å². The van der Waals surface area contributed by atoms with Crippen LogP contribution in [0.3, 0.4) is 0 Å². The molecule has 0 spiro atoms. The van der Waals surface area contributed by atoms with Crippen molar-refractivity contribution in [2.45, 2.75) is 32.6 Å². The van der Waals surface area contributed by atoms with Gasteiger partial charge in [-0.15, -0.1) is 10.2 Å². The number of benzene rings is 1. The van der Waals surface area contributed by atoms with E-state index >= 15 is 0 Å². The molecule has 2 aromatic rings. The summed E-state index contributed by atoms with van der Waals surface area (Å²) in [5.41, 5.74) is 0.973. The van der Waals surface area contributed by atoms with E-state index in [2.05, 4.69) is 15.5 Å². The van der Waals surface area contributed by atoms with Gasteiger partial charge in [-0.3, -0.25) is 9.59 Å². The highest BCUT2D eigenvalue weighted by Gasteiger charge is 2.34. The summed E-state index contributed by atoms with van der Waals surface area (Å²) in [4.78, 5) is 26.4. The average molecular weight is 343 g/mol. The van der Waals surface area contributed by atoms with Gasteiger partial charge in [-0.05, 0) is 12.5 Å². The molecule has 1 aliphatic heterocycles. The van der Waals surface area contributed by atoms with E-state index in [9.17, 15) is 9.59 Å². The Morgan fingerprint density at radius 1 is 1.36 bits per heavy atom. The standard InChI is InChI=1S/C17H21N5O3/c1-2-21-12-19-20-15(21)8-18-17(24)14-10-25-11-16(23)22(14)9-13-6-4-3-5-7-13/h3-7,12,14H,2,8-11H2,1H3,(H,18,24). The summed E-state index contributed by atoms with van der Waals surface area (Å²) >= 11 is 0. The first-order valence-electron chi connectivity index (χ1n) is 8.24. The van der Waals surface area contributed by atoms with Gasteiger partial charge < -0.3 is 19.5 Å². The number of aryl methyl sites for hydroxylation is 1. The quantitative estimate of drug-likeness (QED) is 0.817. The monoisotopic (exact) mass is 343 g/mol. The summed E-state index contributed by atoms with van der Waals surface area (Å²) in [6.45, 7) is 3.53. The molecule has 1 aromatic carbocycles. The summed E-state index contributed by atoms with van der Waals surface area (Å²) < 4.78 is 7.13. The molecule has 132 valence electrons. The second kappa shape index (κ2) is 7.89. The highest BCUT2D eigenvalue weighted by Crippen LogP contribution is 2.14. The first kappa shape index (κ1) is 17.1. The lowest BCUT2D eigenvalue weighted by atomic mass is 10.1. The minimum absolute atomic E-state index is 0.000768. The molecule has 0 aliphatic carbocycles. The van der Waals surface area contributed by atoms with Gasteiger partial charge in [0.25, 0.3) is 0 Å². The third-order valence-corrected chi connectivity index (χ3v) is 4.15. The lowest BCUT2D eigenvalue weighted by molar-refractivity contribution is -0.155. The third-order valence-electron chi connectivity index (χ3n) is 4.15. The van der Waals surface area contributed by atoms with Crippen LogP contribution in [-0.2, 0) is 34.0 Å². The fraction of sp³-hybridized carbons (Fsp3) is 0.412. The highest BCUT2D eigenvalue weighted by atomic mass is 16.5. The number of nitrogens with one attached hydrogen (secondary N) is 1. The number of carbonyl (C=O) groups excluding carboxylic acids is 2. The Balaban J connectivity index is 1.67. The predicted molar refractivity (Wildman–Crippen MR) is 89.1 cm³/mol. The molecule has 1 aliphatic rings. The first-order valence-corrected chi connectivity index (χ1v) is 8.24. The van der Waals surface area contributed by atoms with Crippen LogP contribution < -0.4 is 5.32 Å². The molecule has 2 heterocycles. The molecule has 1 fully saturated rings. The molecule has 1 aromatic heterocycles. The smallest absolute Gasteiger partial charge is 0.249 e. The number of amides is 2. The van der Waals surface area contributed by atoms with E-state index in [0.29, 0.717) is 12.4 Å². The molecular formula is C17H21N5O3. The fourth-order valence-electron chi connectivity index (χ4n) is 2.76. The van der Waals surface area contributed by atoms with E-state index in [1.165, 1.54) is 0 Å². The molecule has 1 saturated heterocycles. The minimum Gasteiger partial charge on any atom is -0.369 e. The predicted octanol–water partition coefficient (Wildman–Crippen LogP) is 0.342. The van der Waals surface area contributed by atoms with Gasteiger partial charge in [0.1, 0.15) is 19.0 Å².